The van der Waals surface area contributed by atoms with Gasteiger partial charge in [-0.1, -0.05) is 107 Å². The molecule has 2 aliphatic heterocycles. The Hall–Kier alpha value is -4.08. The Morgan fingerprint density at radius 2 is 0.708 bits per heavy atom. The molecule has 2 aromatic rings. The Bertz CT molecular complexity index is 1910. The van der Waals surface area contributed by atoms with Crippen LogP contribution in [0.1, 0.15) is 211 Å². The standard InChI is InChI=1S/C55H86N2O8/c1-33(58)56-51(15,16)29-37(30-52(56,17)18)64-45(62)55(27-35-23-39(47(3,4)5)43(60)40(24-35)48(6,7)8,28-36-25-41(49(9,10)11)44(61)42(26-36)50(12,13)14)46(63)65-38-31-53(19,20)57(34(2)59)54(21,22)32-38/h23-26,37-38,60-61H,27-32H2,1-22H3. The summed E-state index contributed by atoms with van der Waals surface area (Å²) in [5.41, 5.74) is -2.65. The Balaban J connectivity index is 2.11. The maximum atomic E-state index is 16.0. The lowest BCUT2D eigenvalue weighted by atomic mass is 9.71. The molecule has 2 amide bonds. The van der Waals surface area contributed by atoms with Crippen LogP contribution in [0.2, 0.25) is 0 Å². The van der Waals surface area contributed by atoms with Gasteiger partial charge >= 0.3 is 11.9 Å². The van der Waals surface area contributed by atoms with Crippen molar-refractivity contribution in [2.75, 3.05) is 0 Å². The molecule has 10 heteroatoms. The van der Waals surface area contributed by atoms with Gasteiger partial charge in [0.2, 0.25) is 11.8 Å². The van der Waals surface area contributed by atoms with E-state index >= 15 is 9.59 Å². The Labute approximate surface area is 392 Å². The van der Waals surface area contributed by atoms with Crippen molar-refractivity contribution in [3.63, 3.8) is 0 Å². The number of hydrogen-bond donors (Lipinski definition) is 2. The van der Waals surface area contributed by atoms with Crippen molar-refractivity contribution in [1.82, 2.24) is 9.80 Å². The van der Waals surface area contributed by atoms with E-state index in [-0.39, 0.29) is 36.2 Å². The number of ether oxygens (including phenoxy) is 2. The van der Waals surface area contributed by atoms with E-state index in [0.29, 0.717) is 59.1 Å². The number of carbonyl (C=O) groups is 4. The minimum atomic E-state index is -1.99. The van der Waals surface area contributed by atoms with Crippen molar-refractivity contribution < 1.29 is 38.9 Å². The van der Waals surface area contributed by atoms with Crippen LogP contribution >= 0.6 is 0 Å². The second kappa shape index (κ2) is 17.2. The Morgan fingerprint density at radius 1 is 0.492 bits per heavy atom. The fourth-order valence-electron chi connectivity index (χ4n) is 11.8. The number of aromatic hydroxyl groups is 2. The highest BCUT2D eigenvalue weighted by atomic mass is 16.6. The lowest BCUT2D eigenvalue weighted by molar-refractivity contribution is -0.189. The molecule has 2 fully saturated rings. The highest BCUT2D eigenvalue weighted by Crippen LogP contribution is 2.47. The molecule has 4 rings (SSSR count). The first-order chi connectivity index (χ1) is 29.0. The summed E-state index contributed by atoms with van der Waals surface area (Å²) in [6, 6.07) is 7.64. The number of carbonyl (C=O) groups excluding carboxylic acids is 4. The van der Waals surface area contributed by atoms with Gasteiger partial charge in [-0.2, -0.15) is 0 Å². The maximum absolute atomic E-state index is 16.0. The van der Waals surface area contributed by atoms with E-state index in [2.05, 4.69) is 0 Å². The molecule has 2 heterocycles. The predicted molar refractivity (Wildman–Crippen MR) is 260 cm³/mol. The first-order valence-corrected chi connectivity index (χ1v) is 23.8. The zero-order valence-electron chi connectivity index (χ0n) is 44.4. The van der Waals surface area contributed by atoms with Crippen molar-refractivity contribution >= 4 is 23.8 Å². The number of piperidine rings is 2. The molecule has 2 aromatic carbocycles. The van der Waals surface area contributed by atoms with Gasteiger partial charge in [-0.15, -0.1) is 0 Å². The lowest BCUT2D eigenvalue weighted by Crippen LogP contribution is -2.64. The van der Waals surface area contributed by atoms with E-state index < -0.39 is 73.4 Å². The topological polar surface area (TPSA) is 134 Å². The average Bonchev–Trinajstić information content (AvgIpc) is 3.04. The van der Waals surface area contributed by atoms with Gasteiger partial charge in [-0.05, 0) is 123 Å². The van der Waals surface area contributed by atoms with E-state index in [1.54, 1.807) is 13.8 Å². The number of likely N-dealkylation sites (tertiary alicyclic amines) is 2. The van der Waals surface area contributed by atoms with E-state index in [0.717, 1.165) is 0 Å². The number of phenols is 2. The van der Waals surface area contributed by atoms with Crippen LogP contribution < -0.4 is 0 Å². The minimum absolute atomic E-state index is 0.0716. The molecule has 2 aliphatic rings. The molecule has 0 bridgehead atoms. The zero-order valence-corrected chi connectivity index (χ0v) is 44.4. The third kappa shape index (κ3) is 11.2. The minimum Gasteiger partial charge on any atom is -0.507 e. The first kappa shape index (κ1) is 53.5. The molecule has 65 heavy (non-hydrogen) atoms. The van der Waals surface area contributed by atoms with Gasteiger partial charge in [0.15, 0.2) is 5.41 Å². The second-order valence-corrected chi connectivity index (χ2v) is 26.3. The molecule has 0 atom stereocenters. The fraction of sp³-hybridized carbons (Fsp3) is 0.709. The normalized spacial score (nSPS) is 19.5. The number of nitrogens with zero attached hydrogens (tertiary/aromatic N) is 2. The van der Waals surface area contributed by atoms with Gasteiger partial charge < -0.3 is 29.5 Å². The number of rotatable bonds is 8. The lowest BCUT2D eigenvalue weighted by Gasteiger charge is -2.55. The van der Waals surface area contributed by atoms with Crippen LogP contribution in [0.3, 0.4) is 0 Å². The van der Waals surface area contributed by atoms with Gasteiger partial charge in [0.25, 0.3) is 0 Å². The quantitative estimate of drug-likeness (QED) is 0.198. The molecule has 0 aromatic heterocycles. The first-order valence-electron chi connectivity index (χ1n) is 23.8. The molecule has 2 saturated heterocycles. The molecule has 0 unspecified atom stereocenters. The summed E-state index contributed by atoms with van der Waals surface area (Å²) < 4.78 is 13.5. The second-order valence-electron chi connectivity index (χ2n) is 26.3. The van der Waals surface area contributed by atoms with E-state index in [4.69, 9.17) is 9.47 Å². The number of phenolic OH excluding ortho intramolecular Hbond substituents is 2. The molecule has 0 saturated carbocycles. The third-order valence-electron chi connectivity index (χ3n) is 13.9. The highest BCUT2D eigenvalue weighted by molar-refractivity contribution is 6.01. The molecule has 0 aliphatic carbocycles. The van der Waals surface area contributed by atoms with Crippen molar-refractivity contribution in [2.45, 2.75) is 247 Å². The summed E-state index contributed by atoms with van der Waals surface area (Å²) in [5, 5.41) is 23.7. The van der Waals surface area contributed by atoms with E-state index in [1.165, 1.54) is 0 Å². The largest absolute Gasteiger partial charge is 0.507 e. The SMILES string of the molecule is CC(=O)N1C(C)(C)CC(OC(=O)C(Cc2cc(C(C)(C)C)c(O)c(C(C)(C)C)c2)(Cc2cc(C(C)(C)C)c(O)c(C(C)(C)C)c2)C(=O)OC2CC(C)(C)N(C(C)=O)C(C)(C)C2)CC1(C)C. The van der Waals surface area contributed by atoms with Crippen LogP contribution in [0, 0.1) is 5.41 Å². The van der Waals surface area contributed by atoms with Gasteiger partial charge in [0, 0.05) is 61.7 Å². The van der Waals surface area contributed by atoms with Crippen LogP contribution in [-0.2, 0) is 63.2 Å². The zero-order chi connectivity index (χ0) is 50.2. The fourth-order valence-corrected chi connectivity index (χ4v) is 11.8. The van der Waals surface area contributed by atoms with Crippen molar-refractivity contribution in [1.29, 1.82) is 0 Å². The Kier molecular flexibility index (Phi) is 14.2. The van der Waals surface area contributed by atoms with Crippen molar-refractivity contribution in [2.24, 2.45) is 5.41 Å². The van der Waals surface area contributed by atoms with Crippen LogP contribution in [0.4, 0.5) is 0 Å². The van der Waals surface area contributed by atoms with Gasteiger partial charge in [-0.25, -0.2) is 0 Å². The average molecular weight is 903 g/mol. The van der Waals surface area contributed by atoms with Crippen molar-refractivity contribution in [3.05, 3.63) is 57.6 Å². The molecule has 0 radical (unpaired) electrons. The molecular formula is C55H86N2O8. The number of esters is 2. The number of amides is 2. The molecule has 2 N–H and O–H groups in total. The van der Waals surface area contributed by atoms with Gasteiger partial charge in [0.1, 0.15) is 23.7 Å². The monoisotopic (exact) mass is 903 g/mol. The van der Waals surface area contributed by atoms with E-state index in [9.17, 15) is 19.8 Å². The molecule has 364 valence electrons. The summed E-state index contributed by atoms with van der Waals surface area (Å²) in [6.45, 7) is 43.3. The predicted octanol–water partition coefficient (Wildman–Crippen LogP) is 11.3. The van der Waals surface area contributed by atoms with E-state index in [1.807, 2.05) is 173 Å². The molecular weight excluding hydrogens is 817 g/mol. The summed E-state index contributed by atoms with van der Waals surface area (Å²) in [5.74, 6) is -1.26. The van der Waals surface area contributed by atoms with Crippen LogP contribution in [0.5, 0.6) is 11.5 Å². The third-order valence-corrected chi connectivity index (χ3v) is 13.9. The highest BCUT2D eigenvalue weighted by Gasteiger charge is 2.56. The van der Waals surface area contributed by atoms with Crippen LogP contribution in [-0.4, -0.2) is 78.1 Å². The number of benzene rings is 2. The van der Waals surface area contributed by atoms with Crippen molar-refractivity contribution in [3.8, 4) is 11.5 Å². The smallest absolute Gasteiger partial charge is 0.324 e. The summed E-state index contributed by atoms with van der Waals surface area (Å²) in [7, 11) is 0. The summed E-state index contributed by atoms with van der Waals surface area (Å²) in [4.78, 5) is 61.8. The number of hydrogen-bond acceptors (Lipinski definition) is 8. The summed E-state index contributed by atoms with van der Waals surface area (Å²) in [6.07, 6.45) is -0.153. The maximum Gasteiger partial charge on any atom is 0.324 e. The van der Waals surface area contributed by atoms with Gasteiger partial charge in [0.05, 0.1) is 0 Å². The van der Waals surface area contributed by atoms with Crippen LogP contribution in [0.25, 0.3) is 0 Å². The molecule has 0 spiro atoms. The van der Waals surface area contributed by atoms with Crippen LogP contribution in [0.15, 0.2) is 24.3 Å². The van der Waals surface area contributed by atoms with Gasteiger partial charge in [-0.3, -0.25) is 19.2 Å². The Morgan fingerprint density at radius 3 is 0.892 bits per heavy atom. The molecule has 10 nitrogen and oxygen atoms in total. The summed E-state index contributed by atoms with van der Waals surface area (Å²) >= 11 is 0.